The lowest BCUT2D eigenvalue weighted by Gasteiger charge is -2.31. The molecular weight excluding hydrogens is 843 g/mol. The van der Waals surface area contributed by atoms with E-state index in [1.165, 1.54) is 105 Å². The minimum absolute atomic E-state index is 0.121. The van der Waals surface area contributed by atoms with Gasteiger partial charge < -0.3 is 4.90 Å². The lowest BCUT2D eigenvalue weighted by molar-refractivity contribution is 0.660. The number of rotatable bonds is 8. The van der Waals surface area contributed by atoms with Crippen LogP contribution in [0.3, 0.4) is 0 Å². The van der Waals surface area contributed by atoms with E-state index in [9.17, 15) is 0 Å². The topological polar surface area (TPSA) is 3.24 Å². The standard InChI is InChI=1S/C69H51N/c1-68(2)60-34-14-11-30-58(60)67-57(33-20-36-63(67)68)56-29-13-17-38-65(56)70(51-42-39-47(40-43-51)54-32-19-24-48-23-18-31-53(66(48)54)46-21-6-4-7-22-46)64-37-16-12-27-52(64)49-41-44-62-59(45-49)55-28-10-15-35-61(55)69(62,3)50-25-8-5-9-26-50/h4-45H,1-3H3. The highest BCUT2D eigenvalue weighted by Gasteiger charge is 2.41. The molecule has 1 heteroatoms. The predicted molar refractivity (Wildman–Crippen MR) is 295 cm³/mol. The summed E-state index contributed by atoms with van der Waals surface area (Å²) in [7, 11) is 0. The third-order valence-electron chi connectivity index (χ3n) is 15.6. The largest absolute Gasteiger partial charge is 0.309 e. The van der Waals surface area contributed by atoms with E-state index < -0.39 is 0 Å². The van der Waals surface area contributed by atoms with Crippen LogP contribution in [0.15, 0.2) is 255 Å². The van der Waals surface area contributed by atoms with Crippen molar-refractivity contribution in [1.29, 1.82) is 0 Å². The zero-order chi connectivity index (χ0) is 47.0. The van der Waals surface area contributed by atoms with Gasteiger partial charge in [0.1, 0.15) is 0 Å². The van der Waals surface area contributed by atoms with Crippen molar-refractivity contribution in [1.82, 2.24) is 0 Å². The summed E-state index contributed by atoms with van der Waals surface area (Å²) in [5.41, 5.74) is 24.5. The Balaban J connectivity index is 1.01. The third kappa shape index (κ3) is 6.39. The van der Waals surface area contributed by atoms with Crippen LogP contribution in [0.4, 0.5) is 17.1 Å². The van der Waals surface area contributed by atoms with Gasteiger partial charge in [0.05, 0.1) is 11.4 Å². The van der Waals surface area contributed by atoms with Gasteiger partial charge in [-0.1, -0.05) is 238 Å². The number of anilines is 3. The molecule has 0 bridgehead atoms. The van der Waals surface area contributed by atoms with Crippen molar-refractivity contribution >= 4 is 27.8 Å². The fraction of sp³-hybridized carbons (Fsp3) is 0.0725. The molecule has 1 nitrogen and oxygen atoms in total. The molecule has 0 aromatic heterocycles. The molecule has 11 aromatic carbocycles. The SMILES string of the molecule is CC1(C)c2ccccc2-c2c(-c3ccccc3N(c3ccc(-c4cccc5cccc(-c6ccccc6)c45)cc3)c3ccccc3-c3ccc4c(c3)-c3ccccc3C4(C)c3ccccc3)cccc21. The zero-order valence-electron chi connectivity index (χ0n) is 39.7. The van der Waals surface area contributed by atoms with Gasteiger partial charge in [-0.25, -0.2) is 0 Å². The molecule has 0 radical (unpaired) electrons. The number of fused-ring (bicyclic) bond motifs is 7. The van der Waals surface area contributed by atoms with Crippen molar-refractivity contribution in [3.8, 4) is 66.8 Å². The summed E-state index contributed by atoms with van der Waals surface area (Å²) >= 11 is 0. The summed E-state index contributed by atoms with van der Waals surface area (Å²) < 4.78 is 0. The summed E-state index contributed by atoms with van der Waals surface area (Å²) in [6.45, 7) is 7.13. The lowest BCUT2D eigenvalue weighted by Crippen LogP contribution is -2.22. The third-order valence-corrected chi connectivity index (χ3v) is 15.6. The lowest BCUT2D eigenvalue weighted by atomic mass is 9.74. The second-order valence-electron chi connectivity index (χ2n) is 19.7. The molecule has 0 spiro atoms. The first-order valence-corrected chi connectivity index (χ1v) is 24.6. The average molecular weight is 894 g/mol. The van der Waals surface area contributed by atoms with Crippen molar-refractivity contribution in [3.05, 3.63) is 283 Å². The highest BCUT2D eigenvalue weighted by Crippen LogP contribution is 2.56. The Morgan fingerprint density at radius 1 is 0.300 bits per heavy atom. The first-order valence-electron chi connectivity index (χ1n) is 24.6. The molecule has 0 amide bonds. The second kappa shape index (κ2) is 16.3. The number of nitrogens with zero attached hydrogens (tertiary/aromatic N) is 1. The Bertz CT molecular complexity index is 3800. The van der Waals surface area contributed by atoms with Gasteiger partial charge in [0.2, 0.25) is 0 Å². The Morgan fingerprint density at radius 2 is 0.786 bits per heavy atom. The number of hydrogen-bond acceptors (Lipinski definition) is 1. The molecule has 13 rings (SSSR count). The molecule has 1 unspecified atom stereocenters. The summed E-state index contributed by atoms with van der Waals surface area (Å²) in [6.07, 6.45) is 0. The zero-order valence-corrected chi connectivity index (χ0v) is 39.7. The van der Waals surface area contributed by atoms with Crippen LogP contribution in [0.25, 0.3) is 77.5 Å². The van der Waals surface area contributed by atoms with Crippen molar-refractivity contribution < 1.29 is 0 Å². The van der Waals surface area contributed by atoms with E-state index in [0.29, 0.717) is 0 Å². The van der Waals surface area contributed by atoms with Gasteiger partial charge in [0.15, 0.2) is 0 Å². The van der Waals surface area contributed by atoms with E-state index in [2.05, 4.69) is 280 Å². The molecule has 70 heavy (non-hydrogen) atoms. The summed E-state index contributed by atoms with van der Waals surface area (Å²) in [4.78, 5) is 2.51. The van der Waals surface area contributed by atoms with Crippen molar-refractivity contribution in [2.24, 2.45) is 0 Å². The van der Waals surface area contributed by atoms with E-state index in [1.807, 2.05) is 0 Å². The second-order valence-corrected chi connectivity index (χ2v) is 19.7. The van der Waals surface area contributed by atoms with Crippen molar-refractivity contribution in [2.45, 2.75) is 31.6 Å². The first kappa shape index (κ1) is 41.7. The molecule has 0 saturated heterocycles. The van der Waals surface area contributed by atoms with Gasteiger partial charge in [-0.2, -0.15) is 0 Å². The molecule has 2 aliphatic carbocycles. The molecule has 0 heterocycles. The van der Waals surface area contributed by atoms with Gasteiger partial charge in [-0.15, -0.1) is 0 Å². The van der Waals surface area contributed by atoms with E-state index in [1.54, 1.807) is 0 Å². The van der Waals surface area contributed by atoms with Crippen LogP contribution in [0.1, 0.15) is 48.6 Å². The summed E-state index contributed by atoms with van der Waals surface area (Å²) in [5.74, 6) is 0. The predicted octanol–water partition coefficient (Wildman–Crippen LogP) is 18.6. The van der Waals surface area contributed by atoms with E-state index in [4.69, 9.17) is 0 Å². The monoisotopic (exact) mass is 893 g/mol. The maximum Gasteiger partial charge on any atom is 0.0540 e. The maximum atomic E-state index is 2.51. The molecule has 0 aliphatic heterocycles. The summed E-state index contributed by atoms with van der Waals surface area (Å²) in [6, 6.07) is 94.5. The van der Waals surface area contributed by atoms with Gasteiger partial charge in [-0.05, 0) is 131 Å². The van der Waals surface area contributed by atoms with E-state index in [-0.39, 0.29) is 10.8 Å². The Hall–Kier alpha value is -8.52. The quantitative estimate of drug-likeness (QED) is 0.147. The van der Waals surface area contributed by atoms with Crippen molar-refractivity contribution in [3.63, 3.8) is 0 Å². The molecule has 332 valence electrons. The molecule has 0 N–H and O–H groups in total. The van der Waals surface area contributed by atoms with Crippen LogP contribution in [-0.2, 0) is 10.8 Å². The van der Waals surface area contributed by atoms with E-state index >= 15 is 0 Å². The first-order chi connectivity index (χ1) is 34.4. The van der Waals surface area contributed by atoms with Crippen molar-refractivity contribution in [2.75, 3.05) is 4.90 Å². The van der Waals surface area contributed by atoms with Gasteiger partial charge in [0.25, 0.3) is 0 Å². The molecule has 0 fully saturated rings. The molecule has 1 atom stereocenters. The van der Waals surface area contributed by atoms with E-state index in [0.717, 1.165) is 17.1 Å². The van der Waals surface area contributed by atoms with Gasteiger partial charge >= 0.3 is 0 Å². The van der Waals surface area contributed by atoms with Gasteiger partial charge in [-0.3, -0.25) is 0 Å². The highest BCUT2D eigenvalue weighted by atomic mass is 15.1. The van der Waals surface area contributed by atoms with Crippen LogP contribution in [0.2, 0.25) is 0 Å². The summed E-state index contributed by atoms with van der Waals surface area (Å²) in [5, 5.41) is 2.49. The fourth-order valence-electron chi connectivity index (χ4n) is 12.2. The molecular formula is C69H51N. The average Bonchev–Trinajstić information content (AvgIpc) is 3.83. The van der Waals surface area contributed by atoms with Crippen LogP contribution in [0, 0.1) is 0 Å². The number of benzene rings is 11. The number of para-hydroxylation sites is 2. The van der Waals surface area contributed by atoms with Crippen LogP contribution in [-0.4, -0.2) is 0 Å². The molecule has 11 aromatic rings. The van der Waals surface area contributed by atoms with Crippen LogP contribution in [0.5, 0.6) is 0 Å². The minimum Gasteiger partial charge on any atom is -0.309 e. The molecule has 2 aliphatic rings. The Labute approximate surface area is 411 Å². The maximum absolute atomic E-state index is 2.51. The minimum atomic E-state index is -0.271. The highest BCUT2D eigenvalue weighted by molar-refractivity contribution is 6.07. The van der Waals surface area contributed by atoms with Gasteiger partial charge in [0, 0.05) is 27.6 Å². The van der Waals surface area contributed by atoms with Crippen LogP contribution < -0.4 is 4.90 Å². The Morgan fingerprint density at radius 3 is 1.50 bits per heavy atom. The number of hydrogen-bond donors (Lipinski definition) is 0. The fourth-order valence-corrected chi connectivity index (χ4v) is 12.2. The smallest absolute Gasteiger partial charge is 0.0540 e. The normalized spacial score (nSPS) is 15.0. The molecule has 0 saturated carbocycles. The Kier molecular flexibility index (Phi) is 9.71. The van der Waals surface area contributed by atoms with Crippen LogP contribution >= 0.6 is 0 Å².